The zero-order valence-corrected chi connectivity index (χ0v) is 13.6. The van der Waals surface area contributed by atoms with E-state index in [0.29, 0.717) is 6.04 Å². The van der Waals surface area contributed by atoms with E-state index in [1.54, 1.807) is 7.11 Å². The molecule has 21 heavy (non-hydrogen) atoms. The van der Waals surface area contributed by atoms with Gasteiger partial charge in [0.15, 0.2) is 0 Å². The number of methoxy groups -OCH3 is 1. The summed E-state index contributed by atoms with van der Waals surface area (Å²) in [5.41, 5.74) is 5.05. The maximum absolute atomic E-state index is 5.48. The first-order chi connectivity index (χ1) is 10.0. The molecule has 0 amide bonds. The van der Waals surface area contributed by atoms with Crippen LogP contribution < -0.4 is 10.1 Å². The molecule has 0 aliphatic carbocycles. The van der Waals surface area contributed by atoms with E-state index < -0.39 is 0 Å². The molecule has 0 saturated heterocycles. The number of hydrogen-bond acceptors (Lipinski definition) is 2. The largest absolute Gasteiger partial charge is 0.496 e. The van der Waals surface area contributed by atoms with Crippen LogP contribution in [-0.2, 0) is 0 Å². The van der Waals surface area contributed by atoms with Crippen molar-refractivity contribution in [2.75, 3.05) is 7.11 Å². The molecule has 2 aromatic rings. The summed E-state index contributed by atoms with van der Waals surface area (Å²) in [6.45, 7) is 8.60. The van der Waals surface area contributed by atoms with Crippen LogP contribution in [0.4, 0.5) is 0 Å². The van der Waals surface area contributed by atoms with Crippen LogP contribution in [0.15, 0.2) is 42.5 Å². The molecule has 0 heterocycles. The van der Waals surface area contributed by atoms with Crippen molar-refractivity contribution in [3.05, 3.63) is 64.7 Å². The third kappa shape index (κ3) is 3.85. The van der Waals surface area contributed by atoms with Gasteiger partial charge in [-0.05, 0) is 39.3 Å². The Morgan fingerprint density at radius 1 is 0.857 bits per heavy atom. The molecule has 2 aromatic carbocycles. The van der Waals surface area contributed by atoms with Crippen LogP contribution >= 0.6 is 0 Å². The van der Waals surface area contributed by atoms with Crippen molar-refractivity contribution in [2.45, 2.75) is 39.8 Å². The average molecular weight is 283 g/mol. The van der Waals surface area contributed by atoms with E-state index in [1.807, 2.05) is 6.07 Å². The fourth-order valence-electron chi connectivity index (χ4n) is 2.61. The maximum Gasteiger partial charge on any atom is 0.123 e. The van der Waals surface area contributed by atoms with Gasteiger partial charge in [0, 0.05) is 17.6 Å². The highest BCUT2D eigenvalue weighted by molar-refractivity contribution is 5.39. The van der Waals surface area contributed by atoms with Gasteiger partial charge < -0.3 is 10.1 Å². The van der Waals surface area contributed by atoms with Gasteiger partial charge >= 0.3 is 0 Å². The maximum atomic E-state index is 5.48. The topological polar surface area (TPSA) is 21.3 Å². The average Bonchev–Trinajstić information content (AvgIpc) is 2.47. The Bertz CT molecular complexity index is 589. The number of nitrogens with one attached hydrogen (secondary N) is 1. The summed E-state index contributed by atoms with van der Waals surface area (Å²) < 4.78 is 5.48. The molecule has 0 saturated carbocycles. The quantitative estimate of drug-likeness (QED) is 0.857. The molecule has 1 N–H and O–H groups in total. The lowest BCUT2D eigenvalue weighted by atomic mass is 10.0. The van der Waals surface area contributed by atoms with Crippen molar-refractivity contribution < 1.29 is 4.74 Å². The molecule has 2 rings (SSSR count). The Morgan fingerprint density at radius 2 is 1.48 bits per heavy atom. The highest BCUT2D eigenvalue weighted by atomic mass is 16.5. The summed E-state index contributed by atoms with van der Waals surface area (Å²) in [4.78, 5) is 0. The second-order valence-corrected chi connectivity index (χ2v) is 5.77. The predicted octanol–water partition coefficient (Wildman–Crippen LogP) is 4.72. The lowest BCUT2D eigenvalue weighted by Crippen LogP contribution is -2.23. The molecule has 0 aliphatic heterocycles. The van der Waals surface area contributed by atoms with Crippen LogP contribution in [0.1, 0.15) is 48.2 Å². The van der Waals surface area contributed by atoms with Crippen LogP contribution in [0, 0.1) is 13.8 Å². The van der Waals surface area contributed by atoms with Crippen LogP contribution in [0.25, 0.3) is 0 Å². The molecule has 0 fully saturated rings. The van der Waals surface area contributed by atoms with Gasteiger partial charge in [-0.1, -0.05) is 47.5 Å². The van der Waals surface area contributed by atoms with E-state index in [9.17, 15) is 0 Å². The number of hydrogen-bond donors (Lipinski definition) is 1. The van der Waals surface area contributed by atoms with Crippen molar-refractivity contribution in [1.82, 2.24) is 5.32 Å². The van der Waals surface area contributed by atoms with Gasteiger partial charge in [0.1, 0.15) is 5.75 Å². The molecule has 0 spiro atoms. The standard InChI is InChI=1S/C19H25NO/c1-13-6-9-17(10-7-13)15(3)20-16(4)18-12-14(2)8-11-19(18)21-5/h6-12,15-16,20H,1-5H3/t15-,16?/m0/s1. The summed E-state index contributed by atoms with van der Waals surface area (Å²) >= 11 is 0. The minimum atomic E-state index is 0.233. The summed E-state index contributed by atoms with van der Waals surface area (Å²) in [6.07, 6.45) is 0. The molecular formula is C19H25NO. The molecular weight excluding hydrogens is 258 g/mol. The summed E-state index contributed by atoms with van der Waals surface area (Å²) in [5, 5.41) is 3.65. The van der Waals surface area contributed by atoms with Crippen LogP contribution in [0.2, 0.25) is 0 Å². The van der Waals surface area contributed by atoms with Crippen molar-refractivity contribution in [2.24, 2.45) is 0 Å². The smallest absolute Gasteiger partial charge is 0.123 e. The molecule has 2 atom stereocenters. The third-order valence-corrected chi connectivity index (χ3v) is 3.93. The minimum absolute atomic E-state index is 0.233. The molecule has 0 aliphatic rings. The second kappa shape index (κ2) is 6.77. The number of ether oxygens (including phenoxy) is 1. The molecule has 112 valence electrons. The van der Waals surface area contributed by atoms with E-state index in [-0.39, 0.29) is 6.04 Å². The normalized spacial score (nSPS) is 13.8. The van der Waals surface area contributed by atoms with Gasteiger partial charge in [-0.15, -0.1) is 0 Å². The Labute approximate surface area is 128 Å². The van der Waals surface area contributed by atoms with Gasteiger partial charge in [0.2, 0.25) is 0 Å². The Kier molecular flexibility index (Phi) is 5.03. The first-order valence-electron chi connectivity index (χ1n) is 7.48. The molecule has 1 unspecified atom stereocenters. The first-order valence-corrected chi connectivity index (χ1v) is 7.48. The molecule has 0 aromatic heterocycles. The SMILES string of the molecule is COc1ccc(C)cc1C(C)N[C@@H](C)c1ccc(C)cc1. The van der Waals surface area contributed by atoms with E-state index in [2.05, 4.69) is 69.4 Å². The highest BCUT2D eigenvalue weighted by Crippen LogP contribution is 2.28. The zero-order chi connectivity index (χ0) is 15.4. The molecule has 2 heteroatoms. The van der Waals surface area contributed by atoms with Crippen molar-refractivity contribution in [3.63, 3.8) is 0 Å². The fourth-order valence-corrected chi connectivity index (χ4v) is 2.61. The zero-order valence-electron chi connectivity index (χ0n) is 13.6. The van der Waals surface area contributed by atoms with Gasteiger partial charge in [-0.25, -0.2) is 0 Å². The van der Waals surface area contributed by atoms with Crippen LogP contribution in [0.3, 0.4) is 0 Å². The van der Waals surface area contributed by atoms with Gasteiger partial charge in [0.05, 0.1) is 7.11 Å². The monoisotopic (exact) mass is 283 g/mol. The molecule has 2 nitrogen and oxygen atoms in total. The Morgan fingerprint density at radius 3 is 2.10 bits per heavy atom. The van der Waals surface area contributed by atoms with Crippen molar-refractivity contribution in [1.29, 1.82) is 0 Å². The summed E-state index contributed by atoms with van der Waals surface area (Å²) in [5.74, 6) is 0.941. The first kappa shape index (κ1) is 15.6. The third-order valence-electron chi connectivity index (χ3n) is 3.93. The van der Waals surface area contributed by atoms with E-state index in [1.165, 1.54) is 22.3 Å². The highest BCUT2D eigenvalue weighted by Gasteiger charge is 2.15. The lowest BCUT2D eigenvalue weighted by molar-refractivity contribution is 0.396. The Balaban J connectivity index is 2.15. The van der Waals surface area contributed by atoms with Gasteiger partial charge in [-0.2, -0.15) is 0 Å². The van der Waals surface area contributed by atoms with Crippen LogP contribution in [0.5, 0.6) is 5.75 Å². The minimum Gasteiger partial charge on any atom is -0.496 e. The van der Waals surface area contributed by atoms with Crippen molar-refractivity contribution >= 4 is 0 Å². The molecule has 0 bridgehead atoms. The number of benzene rings is 2. The number of aryl methyl sites for hydroxylation is 2. The predicted molar refractivity (Wildman–Crippen MR) is 88.9 cm³/mol. The van der Waals surface area contributed by atoms with E-state index >= 15 is 0 Å². The van der Waals surface area contributed by atoms with Crippen molar-refractivity contribution in [3.8, 4) is 5.75 Å². The second-order valence-electron chi connectivity index (χ2n) is 5.77. The van der Waals surface area contributed by atoms with Crippen LogP contribution in [-0.4, -0.2) is 7.11 Å². The van der Waals surface area contributed by atoms with Gasteiger partial charge in [0.25, 0.3) is 0 Å². The number of rotatable bonds is 5. The fraction of sp³-hybridized carbons (Fsp3) is 0.368. The van der Waals surface area contributed by atoms with E-state index in [4.69, 9.17) is 4.74 Å². The molecule has 0 radical (unpaired) electrons. The van der Waals surface area contributed by atoms with Gasteiger partial charge in [-0.3, -0.25) is 0 Å². The summed E-state index contributed by atoms with van der Waals surface area (Å²) in [6, 6.07) is 15.5. The van der Waals surface area contributed by atoms with E-state index in [0.717, 1.165) is 5.75 Å². The Hall–Kier alpha value is -1.80. The lowest BCUT2D eigenvalue weighted by Gasteiger charge is -2.23. The summed E-state index contributed by atoms with van der Waals surface area (Å²) in [7, 11) is 1.73.